The van der Waals surface area contributed by atoms with E-state index >= 15 is 0 Å². The summed E-state index contributed by atoms with van der Waals surface area (Å²) in [6, 6.07) is 6.55. The number of thioether (sulfide) groups is 1. The minimum absolute atomic E-state index is 0.111. The maximum atomic E-state index is 7.58. The van der Waals surface area contributed by atoms with E-state index in [1.54, 1.807) is 11.8 Å². The van der Waals surface area contributed by atoms with Gasteiger partial charge in [-0.2, -0.15) is 0 Å². The Bertz CT molecular complexity index is 770. The first kappa shape index (κ1) is 19.9. The molecule has 1 heterocycles. The second-order valence-corrected chi connectivity index (χ2v) is 49.4. The van der Waals surface area contributed by atoms with Gasteiger partial charge in [0.15, 0.2) is 0 Å². The number of benzene rings is 1. The third-order valence-electron chi connectivity index (χ3n) is 4.69. The number of nitrogens with one attached hydrogen (secondary N) is 1. The van der Waals surface area contributed by atoms with Crippen LogP contribution in [0.15, 0.2) is 39.1 Å². The van der Waals surface area contributed by atoms with Gasteiger partial charge in [-0.3, -0.25) is 0 Å². The zero-order valence-electron chi connectivity index (χ0n) is 14.6. The summed E-state index contributed by atoms with van der Waals surface area (Å²) in [7, 11) is 15.2. The predicted molar refractivity (Wildman–Crippen MR) is 114 cm³/mol. The summed E-state index contributed by atoms with van der Waals surface area (Å²) in [6.07, 6.45) is 2.28. The molecule has 0 aromatic heterocycles. The van der Waals surface area contributed by atoms with Gasteiger partial charge in [-0.05, 0) is 0 Å². The Kier molecular flexibility index (Phi) is 5.28. The topological polar surface area (TPSA) is 12.0 Å². The van der Waals surface area contributed by atoms with Gasteiger partial charge >= 0.3 is 169 Å². The van der Waals surface area contributed by atoms with E-state index in [2.05, 4.69) is 82.7 Å². The molecule has 131 valence electrons. The fourth-order valence-electron chi connectivity index (χ4n) is 3.62. The molecule has 0 bridgehead atoms. The Morgan fingerprint density at radius 2 is 1.92 bits per heavy atom. The normalized spacial score (nSPS) is 21.9. The third kappa shape index (κ3) is 3.25. The van der Waals surface area contributed by atoms with Crippen molar-refractivity contribution in [3.05, 3.63) is 50.2 Å². The summed E-state index contributed by atoms with van der Waals surface area (Å²) < 4.78 is 6.17. The zero-order chi connectivity index (χ0) is 17.9. The molecule has 3 rings (SSSR count). The molecule has 0 saturated carbocycles. The first-order valence-electron chi connectivity index (χ1n) is 8.18. The SMILES string of the molecule is C[SiH](C)[Zr]([Cl])([Cl])([NH]C(C)(C)C)[C]1=C2SC=CC2c2ccc(Br)cc21. The van der Waals surface area contributed by atoms with Crippen LogP contribution in [-0.4, -0.2) is 11.5 Å². The fourth-order valence-corrected chi connectivity index (χ4v) is 32.3. The van der Waals surface area contributed by atoms with Crippen LogP contribution >= 0.6 is 44.7 Å². The van der Waals surface area contributed by atoms with Crippen LogP contribution in [0.5, 0.6) is 0 Å². The molecule has 0 fully saturated rings. The Labute approximate surface area is 167 Å². The van der Waals surface area contributed by atoms with Crippen molar-refractivity contribution in [2.24, 2.45) is 0 Å². The standard InChI is InChI=1S/C11H6BrS.C4H10N.C2H7Si.2ClH.Zr/c12-8-1-2-9-7(5-8)6-11-10(9)3-4-13-11;1-4(2,3)5;1-3-2;;;/h1-5,10H;5H,1-3H3;3H,1-2H3;2*1H;/q;-1;;;;+3/p-2. The molecule has 1 aliphatic heterocycles. The molecule has 0 saturated heterocycles. The molecule has 1 aliphatic carbocycles. The molecule has 0 spiro atoms. The first-order valence-corrected chi connectivity index (χ1v) is 25.8. The van der Waals surface area contributed by atoms with Crippen molar-refractivity contribution in [2.75, 3.05) is 0 Å². The van der Waals surface area contributed by atoms with E-state index in [4.69, 9.17) is 17.0 Å². The average Bonchev–Trinajstić information content (AvgIpc) is 2.94. The van der Waals surface area contributed by atoms with Gasteiger partial charge in [-0.25, -0.2) is 0 Å². The van der Waals surface area contributed by atoms with Crippen LogP contribution in [0.2, 0.25) is 13.1 Å². The number of allylic oxidation sites excluding steroid dienone is 2. The molecule has 1 unspecified atom stereocenters. The molecular formula is C17H23BrCl2NSSiZr. The van der Waals surface area contributed by atoms with E-state index in [0.29, 0.717) is 5.92 Å². The molecule has 0 amide bonds. The zero-order valence-corrected chi connectivity index (χ0v) is 22.1. The van der Waals surface area contributed by atoms with Crippen LogP contribution in [0.3, 0.4) is 0 Å². The summed E-state index contributed by atoms with van der Waals surface area (Å²) in [5, 5.41) is 2.19. The third-order valence-corrected chi connectivity index (χ3v) is 51.6. The summed E-state index contributed by atoms with van der Waals surface area (Å²) >= 11 is 1.09. The first-order chi connectivity index (χ1) is 10.9. The van der Waals surface area contributed by atoms with E-state index in [1.807, 2.05) is 0 Å². The number of halogens is 3. The van der Waals surface area contributed by atoms with Crippen LogP contribution in [0.1, 0.15) is 37.8 Å². The van der Waals surface area contributed by atoms with Crippen LogP contribution < -0.4 is 3.26 Å². The van der Waals surface area contributed by atoms with Crippen molar-refractivity contribution in [3.63, 3.8) is 0 Å². The number of fused-ring (bicyclic) bond motifs is 3. The molecule has 7 heteroatoms. The Morgan fingerprint density at radius 3 is 2.50 bits per heavy atom. The van der Waals surface area contributed by atoms with Crippen molar-refractivity contribution in [2.45, 2.75) is 45.3 Å². The van der Waals surface area contributed by atoms with Gasteiger partial charge in [0.05, 0.1) is 0 Å². The second-order valence-electron chi connectivity index (χ2n) is 8.01. The van der Waals surface area contributed by atoms with Gasteiger partial charge in [0, 0.05) is 0 Å². The Hall–Kier alpha value is 1.17. The fraction of sp³-hybridized carbons (Fsp3) is 0.412. The van der Waals surface area contributed by atoms with Gasteiger partial charge in [-0.1, -0.05) is 0 Å². The van der Waals surface area contributed by atoms with E-state index in [0.717, 1.165) is 4.47 Å². The van der Waals surface area contributed by atoms with E-state index in [1.165, 1.54) is 19.3 Å². The number of hydrogen-bond donors (Lipinski definition) is 1. The van der Waals surface area contributed by atoms with Crippen LogP contribution in [0.25, 0.3) is 3.28 Å². The van der Waals surface area contributed by atoms with Gasteiger partial charge in [0.25, 0.3) is 0 Å². The van der Waals surface area contributed by atoms with Crippen LogP contribution in [0, 0.1) is 0 Å². The van der Waals surface area contributed by atoms with Crippen LogP contribution in [0.4, 0.5) is 0 Å². The quantitative estimate of drug-likeness (QED) is 0.423. The van der Waals surface area contributed by atoms with Gasteiger partial charge in [-0.15, -0.1) is 0 Å². The summed E-state index contributed by atoms with van der Waals surface area (Å²) in [5.41, 5.74) is 2.49. The molecule has 1 nitrogen and oxygen atoms in total. The molecule has 24 heavy (non-hydrogen) atoms. The van der Waals surface area contributed by atoms with Gasteiger partial charge < -0.3 is 0 Å². The van der Waals surface area contributed by atoms with E-state index < -0.39 is 21.8 Å². The average molecular weight is 544 g/mol. The molecule has 1 aromatic rings. The van der Waals surface area contributed by atoms with Crippen molar-refractivity contribution >= 4 is 53.9 Å². The van der Waals surface area contributed by atoms with Gasteiger partial charge in [0.1, 0.15) is 0 Å². The summed E-state index contributed by atoms with van der Waals surface area (Å²) in [4.78, 5) is 1.36. The molecule has 1 atom stereocenters. The minimum atomic E-state index is -4.35. The molecule has 0 radical (unpaired) electrons. The predicted octanol–water partition coefficient (Wildman–Crippen LogP) is 6.76. The molecule has 2 aliphatic rings. The van der Waals surface area contributed by atoms with E-state index in [9.17, 15) is 0 Å². The maximum absolute atomic E-state index is 7.58. The molecule has 1 aromatic carbocycles. The summed E-state index contributed by atoms with van der Waals surface area (Å²) in [6.45, 7) is 11.1. The van der Waals surface area contributed by atoms with Crippen molar-refractivity contribution < 1.29 is 15.8 Å². The molecular weight excluding hydrogens is 520 g/mol. The molecule has 1 N–H and O–H groups in total. The Morgan fingerprint density at radius 1 is 1.25 bits per heavy atom. The van der Waals surface area contributed by atoms with Crippen molar-refractivity contribution in [3.8, 4) is 0 Å². The number of hydrogen-bond acceptors (Lipinski definition) is 2. The monoisotopic (exact) mass is 540 g/mol. The van der Waals surface area contributed by atoms with Crippen LogP contribution in [-0.2, 0) is 15.8 Å². The van der Waals surface area contributed by atoms with Gasteiger partial charge in [0.2, 0.25) is 0 Å². The number of rotatable bonds is 3. The van der Waals surface area contributed by atoms with Crippen molar-refractivity contribution in [1.29, 1.82) is 0 Å². The Balaban J connectivity index is 2.30. The summed E-state index contributed by atoms with van der Waals surface area (Å²) in [5.74, 6) is -1.05. The van der Waals surface area contributed by atoms with E-state index in [-0.39, 0.29) is 5.54 Å². The second kappa shape index (κ2) is 6.36. The van der Waals surface area contributed by atoms with Crippen molar-refractivity contribution in [1.82, 2.24) is 3.26 Å².